The maximum Gasteiger partial charge on any atom is 0.317 e. The van der Waals surface area contributed by atoms with Crippen molar-refractivity contribution >= 4 is 35.5 Å². The van der Waals surface area contributed by atoms with Crippen LogP contribution in [0.2, 0.25) is 0 Å². The van der Waals surface area contributed by atoms with E-state index in [4.69, 9.17) is 5.73 Å². The number of anilines is 1. The quantitative estimate of drug-likeness (QED) is 0.130. The van der Waals surface area contributed by atoms with Crippen LogP contribution in [0.5, 0.6) is 0 Å². The Morgan fingerprint density at radius 3 is 1.70 bits per heavy atom. The van der Waals surface area contributed by atoms with Crippen LogP contribution in [-0.2, 0) is 30.4 Å². The zero-order valence-electron chi connectivity index (χ0n) is 25.1. The third kappa shape index (κ3) is 15.2. The molecule has 1 amide bonds. The number of nitrogens with one attached hydrogen (secondary N) is 1. The number of hydrogen-bond acceptors (Lipinski definition) is 10. The molecule has 0 aliphatic carbocycles. The third-order valence-electron chi connectivity index (χ3n) is 7.39. The van der Waals surface area contributed by atoms with Crippen LogP contribution in [0.1, 0.15) is 31.2 Å². The van der Waals surface area contributed by atoms with Crippen molar-refractivity contribution in [2.75, 3.05) is 83.9 Å². The maximum absolute atomic E-state index is 12.3. The van der Waals surface area contributed by atoms with Gasteiger partial charge >= 0.3 is 23.9 Å². The first-order chi connectivity index (χ1) is 20.9. The van der Waals surface area contributed by atoms with E-state index in [9.17, 15) is 44.4 Å². The van der Waals surface area contributed by atoms with Crippen molar-refractivity contribution in [1.82, 2.24) is 19.6 Å². The van der Waals surface area contributed by atoms with Gasteiger partial charge in [-0.2, -0.15) is 0 Å². The number of carbonyl (C=O) groups is 5. The summed E-state index contributed by atoms with van der Waals surface area (Å²) in [6.07, 6.45) is 3.23. The van der Waals surface area contributed by atoms with Gasteiger partial charge in [-0.05, 0) is 43.5 Å². The van der Waals surface area contributed by atoms with E-state index in [0.29, 0.717) is 25.1 Å². The van der Waals surface area contributed by atoms with Crippen LogP contribution in [-0.4, -0.2) is 154 Å². The van der Waals surface area contributed by atoms with Gasteiger partial charge < -0.3 is 31.5 Å². The third-order valence-corrected chi connectivity index (χ3v) is 7.39. The summed E-state index contributed by atoms with van der Waals surface area (Å²) in [5.74, 6) is -4.36. The molecule has 1 aliphatic heterocycles. The summed E-state index contributed by atoms with van der Waals surface area (Å²) in [7, 11) is 0. The molecule has 0 spiro atoms. The molecule has 1 aliphatic rings. The molecule has 15 nitrogen and oxygen atoms in total. The summed E-state index contributed by atoms with van der Waals surface area (Å²) >= 11 is 0. The second-order valence-corrected chi connectivity index (χ2v) is 11.0. The number of nitrogens with zero attached hydrogens (tertiary/aromatic N) is 4. The molecule has 44 heavy (non-hydrogen) atoms. The first kappa shape index (κ1) is 36.6. The van der Waals surface area contributed by atoms with Crippen molar-refractivity contribution in [3.63, 3.8) is 0 Å². The molecule has 1 saturated heterocycles. The van der Waals surface area contributed by atoms with Crippen molar-refractivity contribution in [1.29, 1.82) is 0 Å². The molecule has 0 bridgehead atoms. The SMILES string of the molecule is NCCCCCC(=O)Nc1ccc(CC2CN(CC(=O)O)CCN(CC(=O)O)CCN(CC(=O)O)CCN2CC(=O)O)cc1. The molecule has 0 aromatic heterocycles. The standard InChI is InChI=1S/C29H46N6O9/c30-9-3-1-2-4-25(36)31-23-7-5-22(6-8-23)16-24-17-34(20-28(41)42)13-12-32(18-26(37)38)10-11-33(19-27(39)40)14-15-35(24)21-29(43)44/h5-8,24H,1-4,9-21,30H2,(H,31,36)(H,37,38)(H,39,40)(H,41,42)(H,43,44). The van der Waals surface area contributed by atoms with Crippen LogP contribution in [0.15, 0.2) is 24.3 Å². The Labute approximate surface area is 257 Å². The number of carbonyl (C=O) groups excluding carboxylic acids is 1. The van der Waals surface area contributed by atoms with Crippen LogP contribution in [0.3, 0.4) is 0 Å². The topological polar surface area (TPSA) is 217 Å². The van der Waals surface area contributed by atoms with Crippen molar-refractivity contribution in [3.8, 4) is 0 Å². The molecule has 1 aromatic rings. The van der Waals surface area contributed by atoms with Crippen LogP contribution >= 0.6 is 0 Å². The number of carboxylic acids is 4. The lowest BCUT2D eigenvalue weighted by Gasteiger charge is -2.37. The van der Waals surface area contributed by atoms with Crippen molar-refractivity contribution in [2.45, 2.75) is 38.1 Å². The molecule has 7 N–H and O–H groups in total. The van der Waals surface area contributed by atoms with Crippen LogP contribution in [0.4, 0.5) is 5.69 Å². The van der Waals surface area contributed by atoms with Crippen LogP contribution in [0.25, 0.3) is 0 Å². The van der Waals surface area contributed by atoms with Gasteiger partial charge in [0.1, 0.15) is 0 Å². The monoisotopic (exact) mass is 622 g/mol. The number of unbranched alkanes of at least 4 members (excludes halogenated alkanes) is 2. The van der Waals surface area contributed by atoms with Crippen molar-refractivity contribution in [3.05, 3.63) is 29.8 Å². The molecule has 1 atom stereocenters. The number of rotatable bonds is 16. The van der Waals surface area contributed by atoms with Gasteiger partial charge in [0.25, 0.3) is 0 Å². The Bertz CT molecular complexity index is 1090. The fourth-order valence-electron chi connectivity index (χ4n) is 5.18. The van der Waals surface area contributed by atoms with Gasteiger partial charge in [0.15, 0.2) is 0 Å². The van der Waals surface area contributed by atoms with E-state index in [1.165, 1.54) is 0 Å². The van der Waals surface area contributed by atoms with Gasteiger partial charge in [-0.15, -0.1) is 0 Å². The average Bonchev–Trinajstić information content (AvgIpc) is 2.93. The van der Waals surface area contributed by atoms with E-state index in [-0.39, 0.29) is 77.9 Å². The molecule has 1 unspecified atom stereocenters. The minimum Gasteiger partial charge on any atom is -0.480 e. The molecular weight excluding hydrogens is 576 g/mol. The van der Waals surface area contributed by atoms with Crippen molar-refractivity contribution < 1.29 is 44.4 Å². The summed E-state index contributed by atoms with van der Waals surface area (Å²) in [6, 6.07) is 6.71. The minimum absolute atomic E-state index is 0.103. The van der Waals surface area contributed by atoms with E-state index < -0.39 is 29.9 Å². The van der Waals surface area contributed by atoms with Gasteiger partial charge in [-0.1, -0.05) is 18.6 Å². The van der Waals surface area contributed by atoms with Gasteiger partial charge in [-0.3, -0.25) is 43.6 Å². The van der Waals surface area contributed by atoms with Gasteiger partial charge in [-0.25, -0.2) is 0 Å². The second kappa shape index (κ2) is 19.6. The molecule has 1 aromatic carbocycles. The molecule has 0 saturated carbocycles. The Kier molecular flexibility index (Phi) is 16.3. The lowest BCUT2D eigenvalue weighted by atomic mass is 10.0. The molecule has 1 fully saturated rings. The van der Waals surface area contributed by atoms with E-state index in [2.05, 4.69) is 5.32 Å². The predicted molar refractivity (Wildman–Crippen MR) is 162 cm³/mol. The summed E-state index contributed by atoms with van der Waals surface area (Å²) in [4.78, 5) is 65.6. The lowest BCUT2D eigenvalue weighted by Crippen LogP contribution is -2.53. The number of carboxylic acid groups (broad SMARTS) is 4. The highest BCUT2D eigenvalue weighted by molar-refractivity contribution is 5.90. The highest BCUT2D eigenvalue weighted by atomic mass is 16.4. The Morgan fingerprint density at radius 1 is 0.682 bits per heavy atom. The van der Waals surface area contributed by atoms with E-state index in [0.717, 1.165) is 24.8 Å². The lowest BCUT2D eigenvalue weighted by molar-refractivity contribution is -0.142. The summed E-state index contributed by atoms with van der Waals surface area (Å²) in [5, 5.41) is 41.0. The highest BCUT2D eigenvalue weighted by Gasteiger charge is 2.27. The Hall–Kier alpha value is -3.63. The molecule has 246 valence electrons. The van der Waals surface area contributed by atoms with Crippen LogP contribution in [0, 0.1) is 0 Å². The molecular formula is C29H46N6O9. The van der Waals surface area contributed by atoms with Crippen LogP contribution < -0.4 is 11.1 Å². The number of hydrogen-bond donors (Lipinski definition) is 6. The number of amides is 1. The average molecular weight is 623 g/mol. The normalized spacial score (nSPS) is 18.2. The van der Waals surface area contributed by atoms with E-state index >= 15 is 0 Å². The molecule has 1 heterocycles. The molecule has 15 heteroatoms. The summed E-state index contributed by atoms with van der Waals surface area (Å²) in [6.45, 7) is 0.879. The van der Waals surface area contributed by atoms with Gasteiger partial charge in [0.2, 0.25) is 5.91 Å². The van der Waals surface area contributed by atoms with Gasteiger partial charge in [0, 0.05) is 64.0 Å². The molecule has 0 radical (unpaired) electrons. The predicted octanol–water partition coefficient (Wildman–Crippen LogP) is -0.385. The number of nitrogens with two attached hydrogens (primary N) is 1. The Morgan fingerprint density at radius 2 is 1.18 bits per heavy atom. The summed E-state index contributed by atoms with van der Waals surface area (Å²) < 4.78 is 0. The first-order valence-corrected chi connectivity index (χ1v) is 14.8. The smallest absolute Gasteiger partial charge is 0.317 e. The first-order valence-electron chi connectivity index (χ1n) is 14.8. The van der Waals surface area contributed by atoms with E-state index in [1.54, 1.807) is 31.7 Å². The van der Waals surface area contributed by atoms with E-state index in [1.807, 2.05) is 12.1 Å². The highest BCUT2D eigenvalue weighted by Crippen LogP contribution is 2.16. The number of benzene rings is 1. The van der Waals surface area contributed by atoms with Gasteiger partial charge in [0.05, 0.1) is 26.2 Å². The second-order valence-electron chi connectivity index (χ2n) is 11.0. The maximum atomic E-state index is 12.3. The zero-order valence-corrected chi connectivity index (χ0v) is 25.1. The zero-order chi connectivity index (χ0) is 32.5. The fraction of sp³-hybridized carbons (Fsp3) is 0.621. The fourth-order valence-corrected chi connectivity index (χ4v) is 5.18. The Balaban J connectivity index is 2.30. The largest absolute Gasteiger partial charge is 0.480 e. The summed E-state index contributed by atoms with van der Waals surface area (Å²) in [5.41, 5.74) is 6.95. The number of aliphatic carboxylic acids is 4. The van der Waals surface area contributed by atoms with Crippen molar-refractivity contribution in [2.24, 2.45) is 5.73 Å². The molecule has 2 rings (SSSR count). The minimum atomic E-state index is -1.08.